The van der Waals surface area contributed by atoms with Crippen molar-refractivity contribution in [2.45, 2.75) is 32.7 Å². The van der Waals surface area contributed by atoms with E-state index in [1.807, 2.05) is 17.0 Å². The van der Waals surface area contributed by atoms with Crippen molar-refractivity contribution in [1.82, 2.24) is 4.90 Å². The first-order valence-electron chi connectivity index (χ1n) is 7.78. The number of ether oxygens (including phenoxy) is 1. The highest BCUT2D eigenvalue weighted by atomic mass is 16.5. The van der Waals surface area contributed by atoms with Gasteiger partial charge in [0.25, 0.3) is 0 Å². The summed E-state index contributed by atoms with van der Waals surface area (Å²) in [5.41, 5.74) is 2.39. The first-order chi connectivity index (χ1) is 10.2. The highest BCUT2D eigenvalue weighted by Crippen LogP contribution is 2.26. The molecule has 1 amide bonds. The van der Waals surface area contributed by atoms with Crippen LogP contribution < -0.4 is 5.32 Å². The van der Waals surface area contributed by atoms with E-state index in [1.165, 1.54) is 5.56 Å². The lowest BCUT2D eigenvalue weighted by atomic mass is 9.92. The summed E-state index contributed by atoms with van der Waals surface area (Å²) in [6.07, 6.45) is 1.79. The molecule has 1 aromatic carbocycles. The van der Waals surface area contributed by atoms with E-state index in [9.17, 15) is 4.79 Å². The Bertz CT molecular complexity index is 476. The van der Waals surface area contributed by atoms with E-state index >= 15 is 0 Å². The van der Waals surface area contributed by atoms with E-state index in [0.717, 1.165) is 25.1 Å². The van der Waals surface area contributed by atoms with Crippen LogP contribution in [0.2, 0.25) is 0 Å². The number of anilines is 1. The minimum atomic E-state index is 0.0192. The van der Waals surface area contributed by atoms with Crippen LogP contribution in [-0.2, 0) is 16.0 Å². The zero-order valence-corrected chi connectivity index (χ0v) is 13.3. The maximum Gasteiger partial charge on any atom is 0.228 e. The number of nitrogens with zero attached hydrogens (tertiary/aromatic N) is 1. The first kappa shape index (κ1) is 15.8. The maximum absolute atomic E-state index is 12.8. The second kappa shape index (κ2) is 7.46. The van der Waals surface area contributed by atoms with Crippen LogP contribution in [0.5, 0.6) is 0 Å². The molecule has 1 N–H and O–H groups in total. The molecule has 0 saturated carbocycles. The van der Waals surface area contributed by atoms with Gasteiger partial charge in [-0.2, -0.15) is 0 Å². The summed E-state index contributed by atoms with van der Waals surface area (Å²) >= 11 is 0. The molecule has 21 heavy (non-hydrogen) atoms. The van der Waals surface area contributed by atoms with Crippen molar-refractivity contribution in [2.24, 2.45) is 5.92 Å². The van der Waals surface area contributed by atoms with Crippen molar-refractivity contribution in [3.05, 3.63) is 29.8 Å². The van der Waals surface area contributed by atoms with Gasteiger partial charge in [-0.3, -0.25) is 4.79 Å². The first-order valence-corrected chi connectivity index (χ1v) is 7.78. The smallest absolute Gasteiger partial charge is 0.228 e. The van der Waals surface area contributed by atoms with Gasteiger partial charge >= 0.3 is 0 Å². The number of carbonyl (C=O) groups is 1. The van der Waals surface area contributed by atoms with Gasteiger partial charge in [0, 0.05) is 31.9 Å². The fourth-order valence-electron chi connectivity index (χ4n) is 2.81. The van der Waals surface area contributed by atoms with Crippen LogP contribution in [-0.4, -0.2) is 43.7 Å². The molecule has 1 aromatic rings. The van der Waals surface area contributed by atoms with Crippen LogP contribution in [0.4, 0.5) is 5.69 Å². The molecule has 0 bridgehead atoms. The zero-order chi connectivity index (χ0) is 15.2. The molecule has 2 unspecified atom stereocenters. The van der Waals surface area contributed by atoms with E-state index in [0.29, 0.717) is 13.2 Å². The number of rotatable bonds is 6. The lowest BCUT2D eigenvalue weighted by Crippen LogP contribution is -2.46. The van der Waals surface area contributed by atoms with E-state index in [4.69, 9.17) is 4.74 Å². The Balaban J connectivity index is 2.07. The number of hydrogen-bond acceptors (Lipinski definition) is 3. The topological polar surface area (TPSA) is 41.6 Å². The molecule has 0 aromatic heterocycles. The van der Waals surface area contributed by atoms with Gasteiger partial charge in [-0.25, -0.2) is 0 Å². The zero-order valence-electron chi connectivity index (χ0n) is 13.3. The highest BCUT2D eigenvalue weighted by Gasteiger charge is 2.29. The van der Waals surface area contributed by atoms with Crippen LogP contribution in [0.15, 0.2) is 24.3 Å². The van der Waals surface area contributed by atoms with Crippen molar-refractivity contribution < 1.29 is 9.53 Å². The highest BCUT2D eigenvalue weighted by molar-refractivity contribution is 5.81. The lowest BCUT2D eigenvalue weighted by molar-refractivity contribution is -0.138. The number of benzene rings is 1. The molecule has 1 aliphatic rings. The number of fused-ring (bicyclic) bond motifs is 1. The Hall–Kier alpha value is -1.55. The molecule has 0 radical (unpaired) electrons. The van der Waals surface area contributed by atoms with E-state index < -0.39 is 0 Å². The Morgan fingerprint density at radius 1 is 1.48 bits per heavy atom. The molecule has 1 aliphatic heterocycles. The van der Waals surface area contributed by atoms with Crippen LogP contribution in [0.1, 0.15) is 25.8 Å². The lowest BCUT2D eigenvalue weighted by Gasteiger charge is -2.34. The quantitative estimate of drug-likeness (QED) is 0.875. The summed E-state index contributed by atoms with van der Waals surface area (Å²) in [4.78, 5) is 14.8. The van der Waals surface area contributed by atoms with Gasteiger partial charge in [0.1, 0.15) is 0 Å². The Morgan fingerprint density at radius 2 is 2.24 bits per heavy atom. The van der Waals surface area contributed by atoms with Gasteiger partial charge in [-0.1, -0.05) is 25.1 Å². The summed E-state index contributed by atoms with van der Waals surface area (Å²) in [6, 6.07) is 8.49. The second-order valence-corrected chi connectivity index (χ2v) is 5.72. The fraction of sp³-hybridized carbons (Fsp3) is 0.588. The maximum atomic E-state index is 12.8. The number of nitrogens with one attached hydrogen (secondary N) is 1. The molecule has 116 valence electrons. The summed E-state index contributed by atoms with van der Waals surface area (Å²) in [7, 11) is 1.68. The van der Waals surface area contributed by atoms with Crippen LogP contribution in [0.25, 0.3) is 0 Å². The minimum absolute atomic E-state index is 0.0192. The van der Waals surface area contributed by atoms with Crippen LogP contribution >= 0.6 is 0 Å². The van der Waals surface area contributed by atoms with Gasteiger partial charge in [-0.05, 0) is 31.4 Å². The molecular weight excluding hydrogens is 264 g/mol. The summed E-state index contributed by atoms with van der Waals surface area (Å²) in [5.74, 6) is 0.258. The predicted octanol–water partition coefficient (Wildman–Crippen LogP) is 2.54. The molecular formula is C17H26N2O2. The van der Waals surface area contributed by atoms with Crippen molar-refractivity contribution in [3.8, 4) is 0 Å². The Kier molecular flexibility index (Phi) is 5.62. The SMILES string of the molecule is CCC(C)N(CCOC)C(=O)C1CNc2ccccc2C1. The van der Waals surface area contributed by atoms with Gasteiger partial charge in [0.15, 0.2) is 0 Å². The van der Waals surface area contributed by atoms with Crippen molar-refractivity contribution in [2.75, 3.05) is 32.1 Å². The summed E-state index contributed by atoms with van der Waals surface area (Å²) < 4.78 is 5.15. The fourth-order valence-corrected chi connectivity index (χ4v) is 2.81. The molecule has 2 rings (SSSR count). The predicted molar refractivity (Wildman–Crippen MR) is 85.5 cm³/mol. The largest absolute Gasteiger partial charge is 0.384 e. The van der Waals surface area contributed by atoms with Crippen molar-refractivity contribution in [1.29, 1.82) is 0 Å². The molecule has 0 fully saturated rings. The molecule has 4 heteroatoms. The number of methoxy groups -OCH3 is 1. The van der Waals surface area contributed by atoms with Crippen molar-refractivity contribution >= 4 is 11.6 Å². The average molecular weight is 290 g/mol. The van der Waals surface area contributed by atoms with E-state index in [1.54, 1.807) is 7.11 Å². The van der Waals surface area contributed by atoms with Gasteiger partial charge in [0.05, 0.1) is 12.5 Å². The molecule has 1 heterocycles. The number of para-hydroxylation sites is 1. The molecule has 4 nitrogen and oxygen atoms in total. The molecule has 2 atom stereocenters. The standard InChI is InChI=1S/C17H26N2O2/c1-4-13(2)19(9-10-21-3)17(20)15-11-14-7-5-6-8-16(14)18-12-15/h5-8,13,15,18H,4,9-12H2,1-3H3. The molecule has 0 saturated heterocycles. The third-order valence-electron chi connectivity index (χ3n) is 4.31. The second-order valence-electron chi connectivity index (χ2n) is 5.72. The van der Waals surface area contributed by atoms with Crippen LogP contribution in [0, 0.1) is 5.92 Å². The molecule has 0 spiro atoms. The summed E-state index contributed by atoms with van der Waals surface area (Å²) in [5, 5.41) is 3.38. The number of hydrogen-bond donors (Lipinski definition) is 1. The average Bonchev–Trinajstić information content (AvgIpc) is 2.54. The monoisotopic (exact) mass is 290 g/mol. The van der Waals surface area contributed by atoms with E-state index in [2.05, 4.69) is 31.3 Å². The van der Waals surface area contributed by atoms with Gasteiger partial charge < -0.3 is 15.0 Å². The number of carbonyl (C=O) groups excluding carboxylic acids is 1. The van der Waals surface area contributed by atoms with Crippen molar-refractivity contribution in [3.63, 3.8) is 0 Å². The van der Waals surface area contributed by atoms with Gasteiger partial charge in [-0.15, -0.1) is 0 Å². The van der Waals surface area contributed by atoms with E-state index in [-0.39, 0.29) is 17.9 Å². The van der Waals surface area contributed by atoms with Gasteiger partial charge in [0.2, 0.25) is 5.91 Å². The number of amides is 1. The summed E-state index contributed by atoms with van der Waals surface area (Å²) in [6.45, 7) is 6.20. The van der Waals surface area contributed by atoms with Crippen LogP contribution in [0.3, 0.4) is 0 Å². The third-order valence-corrected chi connectivity index (χ3v) is 4.31. The third kappa shape index (κ3) is 3.76. The molecule has 0 aliphatic carbocycles. The Labute approximate surface area is 127 Å². The Morgan fingerprint density at radius 3 is 2.95 bits per heavy atom. The minimum Gasteiger partial charge on any atom is -0.384 e. The normalized spacial score (nSPS) is 18.5.